The number of carbonyl (C=O) groups excluding carboxylic acids is 1. The minimum atomic E-state index is 0.222. The van der Waals surface area contributed by atoms with Crippen molar-refractivity contribution < 1.29 is 4.79 Å². The molecule has 19 heavy (non-hydrogen) atoms. The standard InChI is InChI=1S/C17H25NO/c1-4-17(9-11-18(12-10-17)15(3)19)13-16-7-5-14(2)6-8-16/h5-8H,4,9-13H2,1-3H3. The van der Waals surface area contributed by atoms with Crippen LogP contribution in [0.2, 0.25) is 0 Å². The maximum absolute atomic E-state index is 11.4. The van der Waals surface area contributed by atoms with Crippen molar-refractivity contribution in [1.82, 2.24) is 4.90 Å². The van der Waals surface area contributed by atoms with Gasteiger partial charge in [-0.25, -0.2) is 0 Å². The van der Waals surface area contributed by atoms with Crippen molar-refractivity contribution in [2.45, 2.75) is 46.5 Å². The zero-order chi connectivity index (χ0) is 13.9. The molecule has 0 saturated carbocycles. The number of amides is 1. The highest BCUT2D eigenvalue weighted by molar-refractivity contribution is 5.73. The first-order valence-electron chi connectivity index (χ1n) is 7.36. The molecular weight excluding hydrogens is 234 g/mol. The fourth-order valence-electron chi connectivity index (χ4n) is 3.09. The lowest BCUT2D eigenvalue weighted by atomic mass is 9.72. The fourth-order valence-corrected chi connectivity index (χ4v) is 3.09. The topological polar surface area (TPSA) is 20.3 Å². The first-order valence-corrected chi connectivity index (χ1v) is 7.36. The Kier molecular flexibility index (Phi) is 4.28. The van der Waals surface area contributed by atoms with E-state index < -0.39 is 0 Å². The molecule has 1 aromatic carbocycles. The van der Waals surface area contributed by atoms with Crippen LogP contribution in [0.15, 0.2) is 24.3 Å². The van der Waals surface area contributed by atoms with E-state index >= 15 is 0 Å². The predicted octanol–water partition coefficient (Wildman–Crippen LogP) is 3.58. The average Bonchev–Trinajstić information content (AvgIpc) is 2.42. The Bertz CT molecular complexity index is 427. The molecule has 0 aromatic heterocycles. The summed E-state index contributed by atoms with van der Waals surface area (Å²) in [4.78, 5) is 13.4. The number of nitrogens with zero attached hydrogens (tertiary/aromatic N) is 1. The Morgan fingerprint density at radius 1 is 1.21 bits per heavy atom. The molecule has 1 heterocycles. The average molecular weight is 259 g/mol. The van der Waals surface area contributed by atoms with Gasteiger partial charge in [0.15, 0.2) is 0 Å². The van der Waals surface area contributed by atoms with Gasteiger partial charge in [-0.2, -0.15) is 0 Å². The zero-order valence-corrected chi connectivity index (χ0v) is 12.4. The molecule has 1 saturated heterocycles. The third kappa shape index (κ3) is 3.37. The first kappa shape index (κ1) is 14.1. The van der Waals surface area contributed by atoms with Crippen molar-refractivity contribution in [3.63, 3.8) is 0 Å². The van der Waals surface area contributed by atoms with E-state index in [1.165, 1.54) is 17.5 Å². The van der Waals surface area contributed by atoms with Crippen LogP contribution in [0.5, 0.6) is 0 Å². The highest BCUT2D eigenvalue weighted by Gasteiger charge is 2.33. The molecular formula is C17H25NO. The highest BCUT2D eigenvalue weighted by atomic mass is 16.2. The second-order valence-corrected chi connectivity index (χ2v) is 6.02. The number of hydrogen-bond donors (Lipinski definition) is 0. The van der Waals surface area contributed by atoms with Crippen molar-refractivity contribution in [1.29, 1.82) is 0 Å². The Morgan fingerprint density at radius 3 is 2.26 bits per heavy atom. The van der Waals surface area contributed by atoms with E-state index in [-0.39, 0.29) is 5.91 Å². The van der Waals surface area contributed by atoms with E-state index in [0.717, 1.165) is 32.4 Å². The van der Waals surface area contributed by atoms with Crippen LogP contribution in [-0.2, 0) is 11.2 Å². The lowest BCUT2D eigenvalue weighted by Gasteiger charge is -2.41. The van der Waals surface area contributed by atoms with Crippen LogP contribution in [0.4, 0.5) is 0 Å². The van der Waals surface area contributed by atoms with Gasteiger partial charge in [0, 0.05) is 20.0 Å². The molecule has 2 nitrogen and oxygen atoms in total. The van der Waals surface area contributed by atoms with Gasteiger partial charge in [0.2, 0.25) is 5.91 Å². The summed E-state index contributed by atoms with van der Waals surface area (Å²) >= 11 is 0. The molecule has 1 aliphatic rings. The van der Waals surface area contributed by atoms with Crippen molar-refractivity contribution >= 4 is 5.91 Å². The second kappa shape index (κ2) is 5.77. The van der Waals surface area contributed by atoms with Crippen molar-refractivity contribution in [2.24, 2.45) is 5.41 Å². The fraction of sp³-hybridized carbons (Fsp3) is 0.588. The largest absolute Gasteiger partial charge is 0.343 e. The molecule has 1 aliphatic heterocycles. The van der Waals surface area contributed by atoms with E-state index in [2.05, 4.69) is 38.1 Å². The van der Waals surface area contributed by atoms with Crippen LogP contribution < -0.4 is 0 Å². The quantitative estimate of drug-likeness (QED) is 0.812. The van der Waals surface area contributed by atoms with Gasteiger partial charge < -0.3 is 4.90 Å². The monoisotopic (exact) mass is 259 g/mol. The highest BCUT2D eigenvalue weighted by Crippen LogP contribution is 2.38. The van der Waals surface area contributed by atoms with Gasteiger partial charge in [-0.3, -0.25) is 4.79 Å². The molecule has 104 valence electrons. The smallest absolute Gasteiger partial charge is 0.219 e. The number of hydrogen-bond acceptors (Lipinski definition) is 1. The molecule has 0 aliphatic carbocycles. The second-order valence-electron chi connectivity index (χ2n) is 6.02. The predicted molar refractivity (Wildman–Crippen MR) is 79.1 cm³/mol. The summed E-state index contributed by atoms with van der Waals surface area (Å²) < 4.78 is 0. The maximum Gasteiger partial charge on any atom is 0.219 e. The van der Waals surface area contributed by atoms with Crippen LogP contribution in [-0.4, -0.2) is 23.9 Å². The van der Waals surface area contributed by atoms with Gasteiger partial charge in [-0.15, -0.1) is 0 Å². The van der Waals surface area contributed by atoms with Crippen molar-refractivity contribution in [3.8, 4) is 0 Å². The minimum Gasteiger partial charge on any atom is -0.343 e. The molecule has 0 spiro atoms. The summed E-state index contributed by atoms with van der Waals surface area (Å²) in [6.45, 7) is 7.95. The van der Waals surface area contributed by atoms with Gasteiger partial charge in [0.25, 0.3) is 0 Å². The molecule has 0 N–H and O–H groups in total. The molecule has 0 bridgehead atoms. The van der Waals surface area contributed by atoms with Crippen molar-refractivity contribution in [3.05, 3.63) is 35.4 Å². The zero-order valence-electron chi connectivity index (χ0n) is 12.4. The van der Waals surface area contributed by atoms with E-state index in [0.29, 0.717) is 5.41 Å². The van der Waals surface area contributed by atoms with Gasteiger partial charge in [-0.1, -0.05) is 43.2 Å². The van der Waals surface area contributed by atoms with Crippen LogP contribution in [0.3, 0.4) is 0 Å². The molecule has 0 unspecified atom stereocenters. The Morgan fingerprint density at radius 2 is 1.79 bits per heavy atom. The number of piperidine rings is 1. The number of benzene rings is 1. The van der Waals surface area contributed by atoms with E-state index in [1.807, 2.05) is 4.90 Å². The molecule has 2 heteroatoms. The van der Waals surface area contributed by atoms with E-state index in [4.69, 9.17) is 0 Å². The van der Waals surface area contributed by atoms with Crippen LogP contribution in [0, 0.1) is 12.3 Å². The van der Waals surface area contributed by atoms with Crippen LogP contribution >= 0.6 is 0 Å². The summed E-state index contributed by atoms with van der Waals surface area (Å²) in [7, 11) is 0. The minimum absolute atomic E-state index is 0.222. The Labute approximate surface area is 116 Å². The third-order valence-corrected chi connectivity index (χ3v) is 4.72. The lowest BCUT2D eigenvalue weighted by Crippen LogP contribution is -2.43. The van der Waals surface area contributed by atoms with Crippen molar-refractivity contribution in [2.75, 3.05) is 13.1 Å². The third-order valence-electron chi connectivity index (χ3n) is 4.72. The maximum atomic E-state index is 11.4. The SMILES string of the molecule is CCC1(Cc2ccc(C)cc2)CCN(C(C)=O)CC1. The number of aryl methyl sites for hydroxylation is 1. The summed E-state index contributed by atoms with van der Waals surface area (Å²) in [5.74, 6) is 0.222. The summed E-state index contributed by atoms with van der Waals surface area (Å²) in [6.07, 6.45) is 4.62. The molecule has 1 amide bonds. The van der Waals surface area contributed by atoms with Gasteiger partial charge in [0.1, 0.15) is 0 Å². The Hall–Kier alpha value is -1.31. The van der Waals surface area contributed by atoms with Gasteiger partial charge in [-0.05, 0) is 37.2 Å². The number of rotatable bonds is 3. The summed E-state index contributed by atoms with van der Waals surface area (Å²) in [5, 5.41) is 0. The Balaban J connectivity index is 2.04. The summed E-state index contributed by atoms with van der Waals surface area (Å²) in [6, 6.07) is 8.90. The number of likely N-dealkylation sites (tertiary alicyclic amines) is 1. The lowest BCUT2D eigenvalue weighted by molar-refractivity contribution is -0.131. The van der Waals surface area contributed by atoms with Crippen LogP contribution in [0.1, 0.15) is 44.2 Å². The van der Waals surface area contributed by atoms with E-state index in [1.54, 1.807) is 6.92 Å². The first-order chi connectivity index (χ1) is 9.04. The molecule has 0 radical (unpaired) electrons. The van der Waals surface area contributed by atoms with Gasteiger partial charge in [0.05, 0.1) is 0 Å². The van der Waals surface area contributed by atoms with Crippen LogP contribution in [0.25, 0.3) is 0 Å². The molecule has 1 fully saturated rings. The molecule has 1 aromatic rings. The molecule has 0 atom stereocenters. The van der Waals surface area contributed by atoms with E-state index in [9.17, 15) is 4.79 Å². The molecule has 2 rings (SSSR count). The normalized spacial score (nSPS) is 18.4. The summed E-state index contributed by atoms with van der Waals surface area (Å²) in [5.41, 5.74) is 3.14. The number of carbonyl (C=O) groups is 1. The van der Waals surface area contributed by atoms with Gasteiger partial charge >= 0.3 is 0 Å².